The van der Waals surface area contributed by atoms with Crippen molar-refractivity contribution in [2.24, 2.45) is 5.41 Å². The molecule has 1 spiro atoms. The average Bonchev–Trinajstić information content (AvgIpc) is 2.58. The molecule has 2 rings (SSSR count). The number of carbonyl (C=O) groups excluding carboxylic acids is 1. The summed E-state index contributed by atoms with van der Waals surface area (Å²) in [5, 5.41) is 18.3. The van der Waals surface area contributed by atoms with Crippen LogP contribution >= 0.6 is 0 Å². The Labute approximate surface area is 100 Å². The van der Waals surface area contributed by atoms with Gasteiger partial charge >= 0.3 is 18.1 Å². The molecule has 0 atom stereocenters. The van der Waals surface area contributed by atoms with Crippen LogP contribution in [0.2, 0.25) is 0 Å². The van der Waals surface area contributed by atoms with Crippen LogP contribution in [-0.2, 0) is 9.59 Å². The molecule has 8 heteroatoms. The van der Waals surface area contributed by atoms with Crippen molar-refractivity contribution in [2.45, 2.75) is 31.0 Å². The van der Waals surface area contributed by atoms with Gasteiger partial charge in [0.15, 0.2) is 5.60 Å². The number of hydrogen-bond acceptors (Lipinski definition) is 3. The maximum Gasteiger partial charge on any atom is 0.471 e. The highest BCUT2D eigenvalue weighted by Crippen LogP contribution is 2.54. The quantitative estimate of drug-likeness (QED) is 0.720. The van der Waals surface area contributed by atoms with E-state index < -0.39 is 29.1 Å². The van der Waals surface area contributed by atoms with Crippen LogP contribution in [0.3, 0.4) is 0 Å². The Balaban J connectivity index is 1.99. The number of aliphatic carboxylic acids is 1. The molecule has 0 radical (unpaired) electrons. The second kappa shape index (κ2) is 3.59. The van der Waals surface area contributed by atoms with E-state index in [-0.39, 0.29) is 25.9 Å². The van der Waals surface area contributed by atoms with E-state index >= 15 is 0 Å². The van der Waals surface area contributed by atoms with Crippen LogP contribution in [0.15, 0.2) is 0 Å². The van der Waals surface area contributed by atoms with Crippen LogP contribution in [0.5, 0.6) is 0 Å². The smallest absolute Gasteiger partial charge is 0.471 e. The number of alkyl halides is 3. The van der Waals surface area contributed by atoms with Gasteiger partial charge in [-0.05, 0) is 24.7 Å². The number of aliphatic hydroxyl groups is 1. The summed E-state index contributed by atoms with van der Waals surface area (Å²) in [4.78, 5) is 22.4. The fourth-order valence-electron chi connectivity index (χ4n) is 2.92. The molecule has 1 saturated carbocycles. The number of carbonyl (C=O) groups is 2. The highest BCUT2D eigenvalue weighted by Gasteiger charge is 2.61. The van der Waals surface area contributed by atoms with Crippen molar-refractivity contribution in [2.75, 3.05) is 13.1 Å². The van der Waals surface area contributed by atoms with E-state index in [4.69, 9.17) is 5.11 Å². The molecular weight excluding hydrogens is 255 g/mol. The van der Waals surface area contributed by atoms with E-state index in [1.807, 2.05) is 0 Å². The summed E-state index contributed by atoms with van der Waals surface area (Å²) in [5.74, 6) is -3.26. The summed E-state index contributed by atoms with van der Waals surface area (Å²) in [6.07, 6.45) is -4.81. The lowest BCUT2D eigenvalue weighted by atomic mass is 9.58. The highest BCUT2D eigenvalue weighted by atomic mass is 19.4. The lowest BCUT2D eigenvalue weighted by molar-refractivity contribution is -0.191. The summed E-state index contributed by atoms with van der Waals surface area (Å²) in [5.41, 5.74) is -2.52. The second-order valence-electron chi connectivity index (χ2n) is 5.16. The van der Waals surface area contributed by atoms with E-state index in [1.165, 1.54) is 0 Å². The van der Waals surface area contributed by atoms with Crippen LogP contribution in [0.25, 0.3) is 0 Å². The monoisotopic (exact) mass is 267 g/mol. The zero-order valence-electron chi connectivity index (χ0n) is 9.33. The molecule has 5 nitrogen and oxygen atoms in total. The van der Waals surface area contributed by atoms with Crippen LogP contribution in [0, 0.1) is 5.41 Å². The molecule has 0 aromatic carbocycles. The standard InChI is InChI=1S/C10H12F3NO4/c11-10(12,13)6(15)14-2-1-8(5-14)3-9(18,4-8)7(16)17/h18H,1-5H2,(H,16,17). The summed E-state index contributed by atoms with van der Waals surface area (Å²) >= 11 is 0. The van der Waals surface area contributed by atoms with Crippen molar-refractivity contribution in [3.63, 3.8) is 0 Å². The molecule has 0 aromatic rings. The molecule has 1 heterocycles. The number of likely N-dealkylation sites (tertiary alicyclic amines) is 1. The SMILES string of the molecule is O=C(N1CCC2(C1)CC(O)(C(=O)O)C2)C(F)(F)F. The van der Waals surface area contributed by atoms with Gasteiger partial charge in [0.2, 0.25) is 0 Å². The first-order chi connectivity index (χ1) is 8.08. The van der Waals surface area contributed by atoms with E-state index in [0.717, 1.165) is 0 Å². The Kier molecular flexibility index (Phi) is 2.62. The van der Waals surface area contributed by atoms with Crippen LogP contribution in [-0.4, -0.2) is 51.9 Å². The first kappa shape index (κ1) is 13.1. The molecule has 1 aliphatic heterocycles. The van der Waals surface area contributed by atoms with Crippen LogP contribution < -0.4 is 0 Å². The minimum atomic E-state index is -4.90. The number of halogens is 3. The summed E-state index contributed by atoms with van der Waals surface area (Å²) in [6.45, 7) is -0.186. The van der Waals surface area contributed by atoms with Crippen molar-refractivity contribution < 1.29 is 33.0 Å². The lowest BCUT2D eigenvalue weighted by Gasteiger charge is -2.48. The molecule has 0 aromatic heterocycles. The van der Waals surface area contributed by atoms with Crippen molar-refractivity contribution in [3.8, 4) is 0 Å². The molecule has 0 bridgehead atoms. The molecule has 2 N–H and O–H groups in total. The zero-order valence-corrected chi connectivity index (χ0v) is 9.33. The van der Waals surface area contributed by atoms with E-state index in [1.54, 1.807) is 0 Å². The average molecular weight is 267 g/mol. The van der Waals surface area contributed by atoms with Crippen LogP contribution in [0.1, 0.15) is 19.3 Å². The first-order valence-electron chi connectivity index (χ1n) is 5.40. The van der Waals surface area contributed by atoms with Crippen molar-refractivity contribution in [1.29, 1.82) is 0 Å². The number of hydrogen-bond donors (Lipinski definition) is 2. The summed E-state index contributed by atoms with van der Waals surface area (Å²) in [7, 11) is 0. The van der Waals surface area contributed by atoms with Gasteiger partial charge in [-0.3, -0.25) is 4.79 Å². The van der Waals surface area contributed by atoms with Gasteiger partial charge in [0.1, 0.15) is 0 Å². The van der Waals surface area contributed by atoms with Crippen LogP contribution in [0.4, 0.5) is 13.2 Å². The molecule has 102 valence electrons. The molecule has 2 aliphatic rings. The second-order valence-corrected chi connectivity index (χ2v) is 5.16. The normalized spacial score (nSPS) is 35.7. The molecule has 2 fully saturated rings. The van der Waals surface area contributed by atoms with Gasteiger partial charge in [0, 0.05) is 13.1 Å². The van der Waals surface area contributed by atoms with Crippen molar-refractivity contribution >= 4 is 11.9 Å². The molecule has 1 aliphatic carbocycles. The molecule has 1 saturated heterocycles. The maximum atomic E-state index is 12.2. The largest absolute Gasteiger partial charge is 0.479 e. The molecule has 1 amide bonds. The number of amides is 1. The number of carboxylic acids is 1. The fraction of sp³-hybridized carbons (Fsp3) is 0.800. The Hall–Kier alpha value is -1.31. The number of carboxylic acid groups (broad SMARTS) is 1. The minimum absolute atomic E-state index is 0.0476. The predicted molar refractivity (Wildman–Crippen MR) is 51.5 cm³/mol. The van der Waals surface area contributed by atoms with Gasteiger partial charge in [-0.2, -0.15) is 13.2 Å². The van der Waals surface area contributed by atoms with E-state index in [2.05, 4.69) is 0 Å². The first-order valence-corrected chi connectivity index (χ1v) is 5.40. The van der Waals surface area contributed by atoms with Gasteiger partial charge in [0.25, 0.3) is 0 Å². The Morgan fingerprint density at radius 2 is 1.78 bits per heavy atom. The lowest BCUT2D eigenvalue weighted by Crippen LogP contribution is -2.58. The van der Waals surface area contributed by atoms with Gasteiger partial charge in [-0.1, -0.05) is 0 Å². The van der Waals surface area contributed by atoms with E-state index in [9.17, 15) is 27.9 Å². The Bertz CT molecular complexity index is 400. The highest BCUT2D eigenvalue weighted by molar-refractivity contribution is 5.83. The van der Waals surface area contributed by atoms with E-state index in [0.29, 0.717) is 11.3 Å². The minimum Gasteiger partial charge on any atom is -0.479 e. The topological polar surface area (TPSA) is 77.8 Å². The Morgan fingerprint density at radius 1 is 1.22 bits per heavy atom. The molecule has 18 heavy (non-hydrogen) atoms. The number of rotatable bonds is 1. The van der Waals surface area contributed by atoms with Gasteiger partial charge in [-0.15, -0.1) is 0 Å². The summed E-state index contributed by atoms with van der Waals surface area (Å²) in [6, 6.07) is 0. The third-order valence-corrected chi connectivity index (χ3v) is 3.70. The van der Waals surface area contributed by atoms with Crippen molar-refractivity contribution in [1.82, 2.24) is 4.90 Å². The third-order valence-electron chi connectivity index (χ3n) is 3.70. The number of nitrogens with zero attached hydrogens (tertiary/aromatic N) is 1. The maximum absolute atomic E-state index is 12.2. The molecule has 0 unspecified atom stereocenters. The third kappa shape index (κ3) is 1.94. The Morgan fingerprint density at radius 3 is 2.22 bits per heavy atom. The predicted octanol–water partition coefficient (Wildman–Crippen LogP) is 0.377. The van der Waals surface area contributed by atoms with Gasteiger partial charge < -0.3 is 15.1 Å². The summed E-state index contributed by atoms with van der Waals surface area (Å²) < 4.78 is 36.7. The van der Waals surface area contributed by atoms with Gasteiger partial charge in [0.05, 0.1) is 0 Å². The van der Waals surface area contributed by atoms with Crippen molar-refractivity contribution in [3.05, 3.63) is 0 Å². The molecular formula is C10H12F3NO4. The van der Waals surface area contributed by atoms with Gasteiger partial charge in [-0.25, -0.2) is 4.79 Å². The zero-order chi connectivity index (χ0) is 13.8. The fourth-order valence-corrected chi connectivity index (χ4v) is 2.92.